The Morgan fingerprint density at radius 1 is 1.04 bits per heavy atom. The van der Waals surface area contributed by atoms with Gasteiger partial charge in [0.1, 0.15) is 0 Å². The molecule has 4 aromatic rings. The summed E-state index contributed by atoms with van der Waals surface area (Å²) in [5, 5.41) is 19.4. The molecule has 0 aliphatic rings. The van der Waals surface area contributed by atoms with Crippen molar-refractivity contribution < 1.29 is 9.52 Å². The van der Waals surface area contributed by atoms with Crippen LogP contribution in [0, 0.1) is 0 Å². The molecule has 28 heavy (non-hydrogen) atoms. The second-order valence-electron chi connectivity index (χ2n) is 6.05. The monoisotopic (exact) mass is 380 g/mol. The minimum absolute atomic E-state index is 0.105. The molecule has 0 spiro atoms. The van der Waals surface area contributed by atoms with Crippen LogP contribution in [0.3, 0.4) is 0 Å². The zero-order chi connectivity index (χ0) is 19.3. The van der Waals surface area contributed by atoms with Crippen LogP contribution >= 0.6 is 0 Å². The highest BCUT2D eigenvalue weighted by Gasteiger charge is 2.13. The Morgan fingerprint density at radius 2 is 1.89 bits per heavy atom. The average molecular weight is 380 g/mol. The molecule has 5 N–H and O–H groups in total. The normalized spacial score (nSPS) is 11.0. The minimum atomic E-state index is 0.105. The third-order valence-electron chi connectivity index (χ3n) is 4.07. The first-order valence-corrected chi connectivity index (χ1v) is 8.84. The predicted molar refractivity (Wildman–Crippen MR) is 105 cm³/mol. The molecule has 0 atom stereocenters. The molecule has 3 heterocycles. The van der Waals surface area contributed by atoms with E-state index >= 15 is 0 Å². The highest BCUT2D eigenvalue weighted by molar-refractivity contribution is 5.52. The molecule has 0 saturated heterocycles. The maximum atomic E-state index is 8.84. The molecule has 0 aliphatic carbocycles. The van der Waals surface area contributed by atoms with Crippen LogP contribution in [0.15, 0.2) is 47.1 Å². The molecule has 0 bridgehead atoms. The molecule has 1 aromatic carbocycles. The number of hydrogen-bond acceptors (Lipinski definition) is 9. The lowest BCUT2D eigenvalue weighted by atomic mass is 10.1. The fourth-order valence-corrected chi connectivity index (χ4v) is 2.70. The van der Waals surface area contributed by atoms with E-state index in [0.29, 0.717) is 36.4 Å². The van der Waals surface area contributed by atoms with E-state index < -0.39 is 0 Å². The number of rotatable bonds is 8. The SMILES string of the molecule is Nc1nc(NCCc2ccc(NCCO)cc2)nc2nc(-c3ccco3)nn12. The van der Waals surface area contributed by atoms with E-state index in [-0.39, 0.29) is 12.6 Å². The Morgan fingerprint density at radius 3 is 2.64 bits per heavy atom. The molecule has 144 valence electrons. The van der Waals surface area contributed by atoms with Crippen LogP contribution in [0.1, 0.15) is 5.56 Å². The molecule has 0 fully saturated rings. The number of aliphatic hydroxyl groups is 1. The Kier molecular flexibility index (Phi) is 5.02. The summed E-state index contributed by atoms with van der Waals surface area (Å²) in [6, 6.07) is 11.6. The van der Waals surface area contributed by atoms with E-state index in [0.717, 1.165) is 12.1 Å². The van der Waals surface area contributed by atoms with Gasteiger partial charge < -0.3 is 25.9 Å². The topological polar surface area (TPSA) is 139 Å². The summed E-state index contributed by atoms with van der Waals surface area (Å²) in [4.78, 5) is 12.9. The van der Waals surface area contributed by atoms with E-state index in [4.69, 9.17) is 15.3 Å². The van der Waals surface area contributed by atoms with Crippen molar-refractivity contribution in [2.75, 3.05) is 36.1 Å². The second kappa shape index (κ2) is 7.92. The molecule has 0 radical (unpaired) electrons. The second-order valence-corrected chi connectivity index (χ2v) is 6.05. The van der Waals surface area contributed by atoms with Crippen molar-refractivity contribution in [1.29, 1.82) is 0 Å². The predicted octanol–water partition coefficient (Wildman–Crippen LogP) is 1.42. The highest BCUT2D eigenvalue weighted by Crippen LogP contribution is 2.17. The summed E-state index contributed by atoms with van der Waals surface area (Å²) >= 11 is 0. The fourth-order valence-electron chi connectivity index (χ4n) is 2.70. The van der Waals surface area contributed by atoms with Crippen molar-refractivity contribution in [2.24, 2.45) is 0 Å². The molecule has 0 unspecified atom stereocenters. The van der Waals surface area contributed by atoms with Gasteiger partial charge in [-0.05, 0) is 36.2 Å². The van der Waals surface area contributed by atoms with Crippen LogP contribution in [0.25, 0.3) is 17.4 Å². The number of fused-ring (bicyclic) bond motifs is 1. The molecule has 10 heteroatoms. The van der Waals surface area contributed by atoms with Gasteiger partial charge >= 0.3 is 0 Å². The lowest BCUT2D eigenvalue weighted by molar-refractivity contribution is 0.311. The molecular weight excluding hydrogens is 360 g/mol. The van der Waals surface area contributed by atoms with Crippen molar-refractivity contribution in [3.8, 4) is 11.6 Å². The van der Waals surface area contributed by atoms with E-state index in [1.807, 2.05) is 24.3 Å². The zero-order valence-electron chi connectivity index (χ0n) is 15.0. The van der Waals surface area contributed by atoms with Crippen molar-refractivity contribution in [3.63, 3.8) is 0 Å². The summed E-state index contributed by atoms with van der Waals surface area (Å²) in [6.07, 6.45) is 2.34. The largest absolute Gasteiger partial charge is 0.461 e. The summed E-state index contributed by atoms with van der Waals surface area (Å²) in [5.74, 6) is 1.87. The average Bonchev–Trinajstić information content (AvgIpc) is 3.37. The van der Waals surface area contributed by atoms with Gasteiger partial charge in [0, 0.05) is 18.8 Å². The van der Waals surface area contributed by atoms with Crippen LogP contribution in [0.5, 0.6) is 0 Å². The van der Waals surface area contributed by atoms with E-state index in [1.54, 1.807) is 18.4 Å². The number of aromatic nitrogens is 5. The van der Waals surface area contributed by atoms with Gasteiger partial charge in [0.05, 0.1) is 12.9 Å². The third kappa shape index (κ3) is 3.86. The zero-order valence-corrected chi connectivity index (χ0v) is 15.0. The van der Waals surface area contributed by atoms with E-state index in [2.05, 4.69) is 30.7 Å². The summed E-state index contributed by atoms with van der Waals surface area (Å²) in [6.45, 7) is 1.28. The van der Waals surface area contributed by atoms with Crippen molar-refractivity contribution in [3.05, 3.63) is 48.2 Å². The number of nitrogens with one attached hydrogen (secondary N) is 2. The number of nitrogen functional groups attached to an aromatic ring is 1. The quantitative estimate of drug-likeness (QED) is 0.357. The maximum absolute atomic E-state index is 8.84. The third-order valence-corrected chi connectivity index (χ3v) is 4.07. The molecular formula is C18H20N8O2. The van der Waals surface area contributed by atoms with Crippen molar-refractivity contribution >= 4 is 23.4 Å². The molecule has 0 saturated carbocycles. The summed E-state index contributed by atoms with van der Waals surface area (Å²) in [7, 11) is 0. The Labute approximate surface area is 160 Å². The number of aliphatic hydroxyl groups excluding tert-OH is 1. The maximum Gasteiger partial charge on any atom is 0.259 e. The van der Waals surface area contributed by atoms with Crippen molar-refractivity contribution in [2.45, 2.75) is 6.42 Å². The Hall–Kier alpha value is -3.66. The molecule has 4 rings (SSSR count). The minimum Gasteiger partial charge on any atom is -0.461 e. The van der Waals surface area contributed by atoms with Crippen LogP contribution in [-0.4, -0.2) is 49.4 Å². The fraction of sp³-hybridized carbons (Fsp3) is 0.222. The van der Waals surface area contributed by atoms with Gasteiger partial charge in [-0.1, -0.05) is 12.1 Å². The lowest BCUT2D eigenvalue weighted by Gasteiger charge is -2.07. The summed E-state index contributed by atoms with van der Waals surface area (Å²) in [5.41, 5.74) is 8.12. The van der Waals surface area contributed by atoms with Gasteiger partial charge in [-0.2, -0.15) is 19.5 Å². The van der Waals surface area contributed by atoms with E-state index in [1.165, 1.54) is 10.1 Å². The van der Waals surface area contributed by atoms with Gasteiger partial charge in [0.2, 0.25) is 17.7 Å². The molecule has 3 aromatic heterocycles. The standard InChI is InChI=1S/C18H20N8O2/c19-16-23-17(21-8-7-12-3-5-13(6-4-12)20-9-10-27)24-18-22-15(25-26(16)18)14-2-1-11-28-14/h1-6,11,20,27H,7-10H2,(H3,19,21,22,23,24,25). The smallest absolute Gasteiger partial charge is 0.259 e. The number of furan rings is 1. The van der Waals surface area contributed by atoms with Gasteiger partial charge in [-0.25, -0.2) is 0 Å². The number of nitrogens with two attached hydrogens (primary N) is 1. The van der Waals surface area contributed by atoms with Gasteiger partial charge in [0.15, 0.2) is 5.76 Å². The number of benzene rings is 1. The number of anilines is 3. The molecule has 10 nitrogen and oxygen atoms in total. The van der Waals surface area contributed by atoms with Crippen molar-refractivity contribution in [1.82, 2.24) is 24.6 Å². The van der Waals surface area contributed by atoms with Gasteiger partial charge in [-0.3, -0.25) is 0 Å². The molecule has 0 amide bonds. The number of hydrogen-bond donors (Lipinski definition) is 4. The van der Waals surface area contributed by atoms with Gasteiger partial charge in [0.25, 0.3) is 5.78 Å². The summed E-state index contributed by atoms with van der Waals surface area (Å²) < 4.78 is 6.68. The lowest BCUT2D eigenvalue weighted by Crippen LogP contribution is -2.12. The van der Waals surface area contributed by atoms with E-state index in [9.17, 15) is 0 Å². The Bertz CT molecular complexity index is 1040. The van der Waals surface area contributed by atoms with Crippen LogP contribution in [0.2, 0.25) is 0 Å². The van der Waals surface area contributed by atoms with Crippen LogP contribution in [-0.2, 0) is 6.42 Å². The first kappa shape index (κ1) is 17.7. The highest BCUT2D eigenvalue weighted by atomic mass is 16.3. The Balaban J connectivity index is 1.40. The van der Waals surface area contributed by atoms with Crippen LogP contribution in [0.4, 0.5) is 17.6 Å². The van der Waals surface area contributed by atoms with Crippen LogP contribution < -0.4 is 16.4 Å². The first-order valence-electron chi connectivity index (χ1n) is 8.84. The number of nitrogens with zero attached hydrogens (tertiary/aromatic N) is 5. The first-order chi connectivity index (χ1) is 13.7. The van der Waals surface area contributed by atoms with Gasteiger partial charge in [-0.15, -0.1) is 5.10 Å². The molecule has 0 aliphatic heterocycles.